The van der Waals surface area contributed by atoms with Crippen LogP contribution in [0.5, 0.6) is 11.5 Å². The quantitative estimate of drug-likeness (QED) is 0.136. The number of ketones is 1. The molecule has 0 unspecified atom stereocenters. The Morgan fingerprint density at radius 3 is 2.30 bits per heavy atom. The molecule has 4 heterocycles. The van der Waals surface area contributed by atoms with Crippen LogP contribution in [-0.4, -0.2) is 93.2 Å². The highest BCUT2D eigenvalue weighted by Crippen LogP contribution is 2.58. The summed E-state index contributed by atoms with van der Waals surface area (Å²) in [6.45, 7) is 10.5. The Balaban J connectivity index is 1.25. The van der Waals surface area contributed by atoms with Crippen molar-refractivity contribution in [1.82, 2.24) is 24.6 Å². The van der Waals surface area contributed by atoms with E-state index in [9.17, 15) is 36.0 Å². The molecule has 2 aromatic heterocycles. The highest BCUT2D eigenvalue weighted by atomic mass is 32.2. The predicted molar refractivity (Wildman–Crippen MR) is 242 cm³/mol. The third-order valence-corrected chi connectivity index (χ3v) is 15.8. The van der Waals surface area contributed by atoms with Gasteiger partial charge in [-0.25, -0.2) is 23.4 Å². The molecule has 0 bridgehead atoms. The Morgan fingerprint density at radius 2 is 1.66 bits per heavy atom. The average Bonchev–Trinajstić information content (AvgIpc) is 4.14. The minimum absolute atomic E-state index is 0.00546. The van der Waals surface area contributed by atoms with Gasteiger partial charge in [0.15, 0.2) is 11.6 Å². The second-order valence-electron chi connectivity index (χ2n) is 19.9. The zero-order valence-corrected chi connectivity index (χ0v) is 39.8. The van der Waals surface area contributed by atoms with Gasteiger partial charge >= 0.3 is 12.1 Å². The van der Waals surface area contributed by atoms with Gasteiger partial charge < -0.3 is 19.1 Å². The molecule has 67 heavy (non-hydrogen) atoms. The lowest BCUT2D eigenvalue weighted by Crippen LogP contribution is -2.48. The van der Waals surface area contributed by atoms with E-state index >= 15 is 4.79 Å². The number of halogens is 3. The van der Waals surface area contributed by atoms with Gasteiger partial charge in [-0.2, -0.15) is 13.2 Å². The van der Waals surface area contributed by atoms with Crippen LogP contribution in [0, 0.1) is 29.1 Å². The number of carbonyl (C=O) groups excluding carboxylic acids is 4. The predicted octanol–water partition coefficient (Wildman–Crippen LogP) is 8.21. The van der Waals surface area contributed by atoms with E-state index in [0.717, 1.165) is 13.8 Å². The van der Waals surface area contributed by atoms with Crippen LogP contribution < -0.4 is 14.2 Å². The number of nitrogens with one attached hydrogen (secondary N) is 1. The molecule has 1 saturated heterocycles. The number of sulfonamides is 1. The van der Waals surface area contributed by atoms with Crippen LogP contribution in [0.3, 0.4) is 0 Å². The molecule has 7 rings (SSSR count). The van der Waals surface area contributed by atoms with Crippen molar-refractivity contribution in [2.24, 2.45) is 29.1 Å². The number of aromatic nitrogens is 3. The smallest absolute Gasteiger partial charge is 0.427 e. The maximum absolute atomic E-state index is 15.1. The second kappa shape index (κ2) is 18.9. The Kier molecular flexibility index (Phi) is 14.0. The second-order valence-corrected chi connectivity index (χ2v) is 22.1. The first-order chi connectivity index (χ1) is 31.4. The number of hydrogen-bond acceptors (Lipinski definition) is 12. The molecule has 2 saturated carbocycles. The van der Waals surface area contributed by atoms with E-state index in [-0.39, 0.29) is 31.4 Å². The number of allylic oxidation sites excluding steroid dienone is 2. The summed E-state index contributed by atoms with van der Waals surface area (Å²) in [5.74, 6) is -4.09. The Bertz CT molecular complexity index is 2480. The molecular weight excluding hydrogens is 892 g/mol. The molecule has 2 amide bonds. The number of rotatable bonds is 12. The van der Waals surface area contributed by atoms with E-state index < -0.39 is 98.3 Å². The number of pyridine rings is 1. The van der Waals surface area contributed by atoms with Crippen molar-refractivity contribution in [3.63, 3.8) is 0 Å². The van der Waals surface area contributed by atoms with Crippen molar-refractivity contribution in [1.29, 1.82) is 0 Å². The van der Waals surface area contributed by atoms with Gasteiger partial charge in [-0.1, -0.05) is 26.0 Å². The molecule has 4 aliphatic rings. The minimum atomic E-state index is -4.89. The van der Waals surface area contributed by atoms with Crippen molar-refractivity contribution in [2.75, 3.05) is 6.54 Å². The van der Waals surface area contributed by atoms with Gasteiger partial charge in [-0.05, 0) is 121 Å². The molecule has 7 atom stereocenters. The molecule has 1 N–H and O–H groups in total. The van der Waals surface area contributed by atoms with Crippen molar-refractivity contribution in [3.05, 3.63) is 67.0 Å². The molecule has 362 valence electrons. The van der Waals surface area contributed by atoms with E-state index in [1.54, 1.807) is 44.4 Å². The summed E-state index contributed by atoms with van der Waals surface area (Å²) in [6.07, 6.45) is 2.63. The number of nitrogens with zero attached hydrogens (tertiary/aromatic N) is 4. The highest BCUT2D eigenvalue weighted by Gasteiger charge is 2.63. The van der Waals surface area contributed by atoms with Gasteiger partial charge in [-0.3, -0.25) is 23.9 Å². The Hall–Kier alpha value is -5.39. The summed E-state index contributed by atoms with van der Waals surface area (Å²) in [6, 6.07) is 11.1. The molecule has 2 aliphatic carbocycles. The maximum Gasteiger partial charge on any atom is 0.427 e. The number of benzene rings is 1. The van der Waals surface area contributed by atoms with E-state index in [4.69, 9.17) is 19.2 Å². The number of esters is 1. The number of fused-ring (bicyclic) bond motifs is 2. The van der Waals surface area contributed by atoms with Gasteiger partial charge in [0.1, 0.15) is 23.3 Å². The van der Waals surface area contributed by atoms with Gasteiger partial charge in [-0.15, -0.1) is 0 Å². The number of ether oxygens (including phenoxy) is 3. The van der Waals surface area contributed by atoms with E-state index in [0.29, 0.717) is 66.4 Å². The van der Waals surface area contributed by atoms with Crippen molar-refractivity contribution in [2.45, 2.75) is 141 Å². The molecule has 2 aliphatic heterocycles. The molecular formula is C49H60F3N5O9S. The Labute approximate surface area is 389 Å². The maximum atomic E-state index is 15.1. The summed E-state index contributed by atoms with van der Waals surface area (Å²) in [5, 5.41) is 0. The number of hydrogen-bond donors (Lipinski definition) is 1. The summed E-state index contributed by atoms with van der Waals surface area (Å²) < 4.78 is 87.1. The first-order valence-corrected chi connectivity index (χ1v) is 24.5. The third-order valence-electron chi connectivity index (χ3n) is 13.7. The van der Waals surface area contributed by atoms with Gasteiger partial charge in [0.05, 0.1) is 46.9 Å². The summed E-state index contributed by atoms with van der Waals surface area (Å²) in [4.78, 5) is 72.4. The van der Waals surface area contributed by atoms with Crippen molar-refractivity contribution < 1.29 is 55.0 Å². The van der Waals surface area contributed by atoms with Crippen LogP contribution in [0.15, 0.2) is 67.0 Å². The van der Waals surface area contributed by atoms with E-state index in [1.165, 1.54) is 4.90 Å². The first kappa shape index (κ1) is 49.5. The van der Waals surface area contributed by atoms with Gasteiger partial charge in [0.25, 0.3) is 0 Å². The summed E-state index contributed by atoms with van der Waals surface area (Å²) in [7, 11) is -4.06. The van der Waals surface area contributed by atoms with Gasteiger partial charge in [0, 0.05) is 42.9 Å². The molecule has 18 heteroatoms. The highest BCUT2D eigenvalue weighted by molar-refractivity contribution is 7.91. The monoisotopic (exact) mass is 951 g/mol. The first-order valence-electron chi connectivity index (χ1n) is 23.0. The van der Waals surface area contributed by atoms with Crippen LogP contribution >= 0.6 is 0 Å². The lowest BCUT2D eigenvalue weighted by molar-refractivity contribution is -0.257. The normalized spacial score (nSPS) is 27.2. The lowest BCUT2D eigenvalue weighted by Gasteiger charge is -2.33. The van der Waals surface area contributed by atoms with Crippen LogP contribution in [-0.2, 0) is 33.9 Å². The van der Waals surface area contributed by atoms with Crippen molar-refractivity contribution in [3.8, 4) is 34.3 Å². The molecule has 1 aromatic carbocycles. The van der Waals surface area contributed by atoms with Crippen LogP contribution in [0.1, 0.15) is 106 Å². The zero-order chi connectivity index (χ0) is 48.7. The third kappa shape index (κ3) is 11.2. The fraction of sp³-hybridized carbons (Fsp3) is 0.571. The molecule has 14 nitrogen and oxygen atoms in total. The molecule has 0 radical (unpaired) electrons. The number of Topliss-reactive ketones (excluding diaryl/α,β-unsaturated/α-hetero) is 1. The van der Waals surface area contributed by atoms with Crippen LogP contribution in [0.4, 0.5) is 13.2 Å². The lowest BCUT2D eigenvalue weighted by atomic mass is 9.82. The number of alkyl halides is 3. The number of carbonyl (C=O) groups is 4. The fourth-order valence-corrected chi connectivity index (χ4v) is 10.4. The Morgan fingerprint density at radius 1 is 0.985 bits per heavy atom. The average molecular weight is 952 g/mol. The summed E-state index contributed by atoms with van der Waals surface area (Å²) >= 11 is 0. The molecule has 0 spiro atoms. The zero-order valence-electron chi connectivity index (χ0n) is 39.0. The topological polar surface area (TPSA) is 184 Å². The molecule has 3 fully saturated rings. The van der Waals surface area contributed by atoms with E-state index in [2.05, 4.69) is 14.7 Å². The minimum Gasteiger partial charge on any atom is -0.491 e. The van der Waals surface area contributed by atoms with Crippen LogP contribution in [0.2, 0.25) is 0 Å². The summed E-state index contributed by atoms with van der Waals surface area (Å²) in [5.41, 5.74) is -2.67. The SMILES string of the molecule is CC(C)Oc1ccc(-c2cc(O[C@@H]3C[C@H]4C(=O)C[C@]5(C(=O)NS(=O)(=O)C6(C)CC6)C[C@H]5/C=C\CC[C@@H](C)C[C@@H](C)[C@H](CC(=O)OC(C)(C)C(F)(F)F)C(=O)N4C3)cc(-c3ncccn3)n2)cc1. The van der Waals surface area contributed by atoms with Gasteiger partial charge in [0.2, 0.25) is 27.4 Å². The largest absolute Gasteiger partial charge is 0.491 e. The molecule has 3 aromatic rings. The van der Waals surface area contributed by atoms with E-state index in [1.807, 2.05) is 57.2 Å². The van der Waals surface area contributed by atoms with Crippen molar-refractivity contribution >= 4 is 33.6 Å². The van der Waals surface area contributed by atoms with Crippen LogP contribution in [0.25, 0.3) is 22.8 Å². The standard InChI is InChI=1S/C49H60F3N5O9S/c1-29(2)64-34-15-13-32(14-16-34)38-22-35(23-39(55-38)43-53-19-10-20-54-43)65-36-24-40-41(58)27-48(45(61)56-67(62,63)47(7)17-18-47)26-33(48)12-9-8-11-30(3)21-31(4)37(44(60)57(40)28-36)25-42(59)66-46(5,6)49(50,51)52/h9-10,12-16,19-20,22-23,29-31,33,36-37,40H,8,11,17-18,21,24-28H2,1-7H3,(H,56,61)/b12-9-/t30-,31-,33-,36-,37+,40+,48-/m1/s1. The number of amides is 2. The fourth-order valence-electron chi connectivity index (χ4n) is 9.09.